The van der Waals surface area contributed by atoms with E-state index in [2.05, 4.69) is 74.7 Å². The van der Waals surface area contributed by atoms with Gasteiger partial charge in [0.05, 0.1) is 127 Å². The largest absolute Gasteiger partial charge is 0.496 e. The Labute approximate surface area is 732 Å². The van der Waals surface area contributed by atoms with E-state index in [1.807, 2.05) is 237 Å². The highest BCUT2D eigenvalue weighted by Gasteiger charge is 2.37. The predicted octanol–water partition coefficient (Wildman–Crippen LogP) is 16.2. The molecule has 12 heterocycles. The maximum Gasteiger partial charge on any atom is 0.241 e. The number of hydrogen-bond acceptors (Lipinski definition) is 17. The molecule has 0 unspecified atom stereocenters. The number of pyridine rings is 2. The van der Waals surface area contributed by atoms with Crippen LogP contribution in [0.25, 0.3) is 55.6 Å². The average Bonchev–Trinajstić information content (AvgIpc) is 1.65. The molecule has 8 aromatic carbocycles. The highest BCUT2D eigenvalue weighted by atomic mass is 33.1. The minimum atomic E-state index is -0.441. The molecule has 27 heteroatoms. The van der Waals surface area contributed by atoms with Gasteiger partial charge >= 0.3 is 0 Å². The summed E-state index contributed by atoms with van der Waals surface area (Å²) < 4.78 is 27.1. The van der Waals surface area contributed by atoms with Crippen molar-refractivity contribution in [3.05, 3.63) is 360 Å². The number of benzene rings is 8. The molecule has 0 aliphatic carbocycles. The monoisotopic (exact) mass is 1690 g/mol. The molecule has 15 aromatic rings. The fourth-order valence-electron chi connectivity index (χ4n) is 16.3. The second-order valence-corrected chi connectivity index (χ2v) is 33.2. The number of imidazole rings is 5. The van der Waals surface area contributed by atoms with Gasteiger partial charge in [0.25, 0.3) is 0 Å². The first-order valence-corrected chi connectivity index (χ1v) is 43.7. The van der Waals surface area contributed by atoms with Crippen LogP contribution < -0.4 is 29.7 Å². The Kier molecular flexibility index (Phi) is 25.4. The standard InChI is InChI=1S/C30H24N6O.2C25H22N4O2.C18H22N4O2S2/c1-31-25-13-11-22(12-14-25)17-35-21-32-16-26(35)15-30(37)34-18-24-9-5-6-10-28(24)36-19-27(33-29(36)20-34)23-7-3-2-4-8-23;1-31-23-11-5-3-9-20(23)21-16-28-15-19-8-2-4-10-22(19)29(17-24(28)27-21)25(30)13-18-7-6-12-26-14-18;1-31-23-9-5-3-7-20(23)21-16-28-15-19-6-2-4-8-22(19)29(17-24(28)27-21)25(30)14-18-10-12-26-13-11-18;1-24-16-5-3-2-4-12(16)14-10-21-7-8-22-15(17(21)20-14)6-9-25-26-11-13(19)18(22)23/h2-14,16,19,21H,15,17-18,20H2;2-12,14,16H,13,15,17H2,1H3;2-13,16H,14-15,17H2,1H3;2-5,10,13,15H,6-9,11,19H2,1H3/t;;;13-,15-/m...0/s1. The Morgan fingerprint density at radius 2 is 1.02 bits per heavy atom. The number of ether oxygens (including phenoxy) is 3. The molecular formula is C98H90N18O7S2. The third-order valence-corrected chi connectivity index (χ3v) is 25.1. The first kappa shape index (κ1) is 82.8. The second kappa shape index (κ2) is 38.3. The van der Waals surface area contributed by atoms with E-state index < -0.39 is 6.04 Å². The molecule has 0 saturated carbocycles. The first-order chi connectivity index (χ1) is 61.3. The minimum Gasteiger partial charge on any atom is -0.496 e. The van der Waals surface area contributed by atoms with Gasteiger partial charge in [0.1, 0.15) is 40.5 Å². The van der Waals surface area contributed by atoms with Crippen LogP contribution in [-0.2, 0) is 90.8 Å². The molecule has 7 aromatic heterocycles. The summed E-state index contributed by atoms with van der Waals surface area (Å²) in [5.41, 5.74) is 24.0. The van der Waals surface area contributed by atoms with Crippen molar-refractivity contribution in [3.63, 3.8) is 0 Å². The number of carbonyl (C=O) groups excluding carboxylic acids is 4. The van der Waals surface area contributed by atoms with Gasteiger partial charge < -0.3 is 62.4 Å². The summed E-state index contributed by atoms with van der Waals surface area (Å²) in [6, 6.07) is 72.6. The van der Waals surface area contributed by atoms with Gasteiger partial charge in [0.2, 0.25) is 23.6 Å². The molecule has 1 saturated heterocycles. The Hall–Kier alpha value is -14.5. The summed E-state index contributed by atoms with van der Waals surface area (Å²) in [7, 11) is 8.47. The molecule has 1 fully saturated rings. The molecule has 0 radical (unpaired) electrons. The summed E-state index contributed by atoms with van der Waals surface area (Å²) >= 11 is 0. The average molecular weight is 1700 g/mol. The smallest absolute Gasteiger partial charge is 0.241 e. The van der Waals surface area contributed by atoms with Crippen molar-refractivity contribution in [1.29, 1.82) is 0 Å². The third-order valence-electron chi connectivity index (χ3n) is 22.7. The third kappa shape index (κ3) is 18.7. The quantitative estimate of drug-likeness (QED) is 0.0739. The van der Waals surface area contributed by atoms with Crippen LogP contribution in [-0.4, -0.2) is 137 Å². The van der Waals surface area contributed by atoms with Crippen molar-refractivity contribution >= 4 is 62.3 Å². The van der Waals surface area contributed by atoms with Crippen LogP contribution in [0.5, 0.6) is 17.2 Å². The first-order valence-electron chi connectivity index (χ1n) is 41.2. The van der Waals surface area contributed by atoms with Gasteiger partial charge in [-0.15, -0.1) is 0 Å². The Bertz CT molecular complexity index is 6210. The number of carbonyl (C=O) groups is 4. The zero-order chi connectivity index (χ0) is 85.7. The van der Waals surface area contributed by atoms with Crippen LogP contribution in [0, 0.1) is 6.57 Å². The molecule has 5 aliphatic rings. The normalized spacial score (nSPS) is 14.8. The fraction of sp³-hybridized carbons (Fsp3) is 0.204. The van der Waals surface area contributed by atoms with E-state index in [0.717, 1.165) is 160 Å². The van der Waals surface area contributed by atoms with Gasteiger partial charge in [-0.3, -0.25) is 29.1 Å². The fourth-order valence-corrected chi connectivity index (χ4v) is 18.5. The lowest BCUT2D eigenvalue weighted by molar-refractivity contribution is -0.136. The number of hydrogen-bond donors (Lipinski definition) is 1. The van der Waals surface area contributed by atoms with Crippen LogP contribution in [0.1, 0.15) is 74.8 Å². The van der Waals surface area contributed by atoms with Gasteiger partial charge in [0, 0.05) is 133 Å². The Morgan fingerprint density at radius 1 is 0.472 bits per heavy atom. The zero-order valence-corrected chi connectivity index (χ0v) is 70.9. The van der Waals surface area contributed by atoms with Gasteiger partial charge in [-0.2, -0.15) is 0 Å². The molecule has 20 rings (SSSR count). The van der Waals surface area contributed by atoms with Crippen molar-refractivity contribution in [2.45, 2.75) is 90.1 Å². The van der Waals surface area contributed by atoms with Crippen LogP contribution in [0.2, 0.25) is 0 Å². The minimum absolute atomic E-state index is 0.0167. The van der Waals surface area contributed by atoms with E-state index >= 15 is 0 Å². The molecule has 0 spiro atoms. The van der Waals surface area contributed by atoms with Gasteiger partial charge in [-0.05, 0) is 113 Å². The second-order valence-electron chi connectivity index (χ2n) is 30.6. The summed E-state index contributed by atoms with van der Waals surface area (Å²) in [6.45, 7) is 12.2. The van der Waals surface area contributed by atoms with Crippen LogP contribution in [0.4, 0.5) is 17.1 Å². The Morgan fingerprint density at radius 3 is 1.61 bits per heavy atom. The molecule has 626 valence electrons. The van der Waals surface area contributed by atoms with Crippen molar-refractivity contribution in [2.24, 2.45) is 5.73 Å². The van der Waals surface area contributed by atoms with Crippen molar-refractivity contribution in [3.8, 4) is 68.0 Å². The number of nitrogens with zero attached hydrogens (tertiary/aromatic N) is 17. The van der Waals surface area contributed by atoms with E-state index in [4.69, 9.17) is 46.5 Å². The topological polar surface area (TPSA) is 254 Å². The van der Waals surface area contributed by atoms with Crippen molar-refractivity contribution in [2.75, 3.05) is 49.2 Å². The van der Waals surface area contributed by atoms with Gasteiger partial charge in [-0.25, -0.2) is 29.8 Å². The number of para-hydroxylation sites is 6. The maximum atomic E-state index is 13.6. The highest BCUT2D eigenvalue weighted by molar-refractivity contribution is 8.76. The number of amides is 4. The van der Waals surface area contributed by atoms with E-state index in [9.17, 15) is 19.2 Å². The lowest BCUT2D eigenvalue weighted by Gasteiger charge is -2.36. The lowest BCUT2D eigenvalue weighted by Crippen LogP contribution is -2.50. The number of aromatic nitrogens is 12. The number of nitrogens with two attached hydrogens (primary N) is 1. The van der Waals surface area contributed by atoms with Gasteiger partial charge in [0.15, 0.2) is 5.69 Å². The van der Waals surface area contributed by atoms with E-state index in [0.29, 0.717) is 76.6 Å². The SMILES string of the molecule is COc1ccccc1-c1cn2c(n1)CN(C(=O)Cc1cccnc1)c1ccccc1C2.COc1ccccc1-c1cn2c(n1)CN(C(=O)Cc1ccncc1)c1ccccc1C2.COc1ccccc1-c1cn2c(n1)[C@@H]1CCSSC[C@H](N)C(=O)N1CC2.[C-]#[N+]c1ccc(Cn2cncc2CC(=O)N2Cc3ccccc3-n3cc(-c4ccccc4)nc3C2)cc1. The highest BCUT2D eigenvalue weighted by Crippen LogP contribution is 2.40. The predicted molar refractivity (Wildman–Crippen MR) is 485 cm³/mol. The molecule has 0 bridgehead atoms. The number of rotatable bonds is 15. The number of methoxy groups -OCH3 is 3. The number of anilines is 2. The molecule has 2 atom stereocenters. The van der Waals surface area contributed by atoms with Crippen LogP contribution in [0.15, 0.2) is 287 Å². The Balaban J connectivity index is 0.000000119. The molecular weight excluding hydrogens is 1610 g/mol. The number of fused-ring (bicyclic) bond motifs is 10. The zero-order valence-electron chi connectivity index (χ0n) is 69.3. The summed E-state index contributed by atoms with van der Waals surface area (Å²) in [6.07, 6.45) is 20.3. The molecule has 125 heavy (non-hydrogen) atoms. The lowest BCUT2D eigenvalue weighted by atomic mass is 10.1. The van der Waals surface area contributed by atoms with E-state index in [1.54, 1.807) is 80.2 Å². The van der Waals surface area contributed by atoms with Crippen molar-refractivity contribution in [1.82, 2.24) is 67.5 Å². The van der Waals surface area contributed by atoms with E-state index in [-0.39, 0.29) is 36.1 Å². The molecule has 2 N–H and O–H groups in total. The molecule has 25 nitrogen and oxygen atoms in total. The summed E-state index contributed by atoms with van der Waals surface area (Å²) in [5.74, 6) is 7.60. The van der Waals surface area contributed by atoms with E-state index in [1.165, 1.54) is 0 Å². The molecule has 4 amide bonds. The van der Waals surface area contributed by atoms with Crippen molar-refractivity contribution < 1.29 is 33.4 Å². The summed E-state index contributed by atoms with van der Waals surface area (Å²) in [5, 5.41) is 0. The van der Waals surface area contributed by atoms with Gasteiger partial charge in [-0.1, -0.05) is 173 Å². The van der Waals surface area contributed by atoms with Crippen LogP contribution >= 0.6 is 21.6 Å². The molecule has 5 aliphatic heterocycles. The maximum absolute atomic E-state index is 13.6. The summed E-state index contributed by atoms with van der Waals surface area (Å²) in [4.78, 5) is 96.1. The van der Waals surface area contributed by atoms with Crippen LogP contribution in [0.3, 0.4) is 0 Å².